The van der Waals surface area contributed by atoms with Crippen LogP contribution in [-0.4, -0.2) is 54.1 Å². The maximum atomic E-state index is 14.8. The smallest absolute Gasteiger partial charge is 0.356 e. The topological polar surface area (TPSA) is 98.1 Å². The Hall–Kier alpha value is -1.32. The molecule has 0 N–H and O–H groups in total. The lowest BCUT2D eigenvalue weighted by Crippen LogP contribution is -2.33. The summed E-state index contributed by atoms with van der Waals surface area (Å²) in [7, 11) is -2.19. The predicted molar refractivity (Wildman–Crippen MR) is 94.7 cm³/mol. The number of hydrogen-bond acceptors (Lipinski definition) is 8. The van der Waals surface area contributed by atoms with Gasteiger partial charge < -0.3 is 23.3 Å². The summed E-state index contributed by atoms with van der Waals surface area (Å²) in [5.74, 6) is 0.120. The van der Waals surface area contributed by atoms with Crippen molar-refractivity contribution in [1.29, 1.82) is 0 Å². The van der Waals surface area contributed by atoms with Gasteiger partial charge in [0.2, 0.25) is 5.88 Å². The van der Waals surface area contributed by atoms with Gasteiger partial charge in [-0.25, -0.2) is 9.18 Å². The lowest BCUT2D eigenvalue weighted by Gasteiger charge is -2.24. The van der Waals surface area contributed by atoms with E-state index in [2.05, 4.69) is 4.98 Å². The van der Waals surface area contributed by atoms with Crippen molar-refractivity contribution >= 4 is 7.60 Å². The summed E-state index contributed by atoms with van der Waals surface area (Å²) in [6.45, 7) is 6.74. The second-order valence-corrected chi connectivity index (χ2v) is 8.48. The number of ether oxygens (including phenoxy) is 3. The molecule has 0 unspecified atom stereocenters. The molecule has 1 saturated heterocycles. The maximum absolute atomic E-state index is 14.8. The fourth-order valence-electron chi connectivity index (χ4n) is 2.55. The molecule has 154 valence electrons. The van der Waals surface area contributed by atoms with Gasteiger partial charge in [0.1, 0.15) is 12.5 Å². The zero-order valence-electron chi connectivity index (χ0n) is 16.0. The van der Waals surface area contributed by atoms with Gasteiger partial charge in [0.05, 0.1) is 25.9 Å². The third-order valence-electron chi connectivity index (χ3n) is 3.54. The Bertz CT molecular complexity index is 713. The molecule has 1 fully saturated rings. The molecule has 0 bridgehead atoms. The van der Waals surface area contributed by atoms with Crippen LogP contribution in [0.2, 0.25) is 0 Å². The molecule has 0 amide bonds. The Morgan fingerprint density at radius 3 is 2.48 bits per heavy atom. The van der Waals surface area contributed by atoms with E-state index in [9.17, 15) is 13.8 Å². The van der Waals surface area contributed by atoms with Gasteiger partial charge in [-0.05, 0) is 27.7 Å². The second-order valence-electron chi connectivity index (χ2n) is 6.58. The number of halogens is 1. The summed E-state index contributed by atoms with van der Waals surface area (Å²) in [5, 5.41) is 0. The van der Waals surface area contributed by atoms with Crippen LogP contribution in [-0.2, 0) is 23.1 Å². The van der Waals surface area contributed by atoms with Crippen LogP contribution >= 0.6 is 7.60 Å². The van der Waals surface area contributed by atoms with Gasteiger partial charge in [0.15, 0.2) is 12.4 Å². The van der Waals surface area contributed by atoms with Crippen molar-refractivity contribution in [3.05, 3.63) is 22.7 Å². The minimum absolute atomic E-state index is 0.117. The Balaban J connectivity index is 2.05. The first-order chi connectivity index (χ1) is 12.6. The molecule has 9 nitrogen and oxygen atoms in total. The van der Waals surface area contributed by atoms with Crippen LogP contribution in [0.25, 0.3) is 0 Å². The zero-order chi connectivity index (χ0) is 20.2. The van der Waals surface area contributed by atoms with E-state index < -0.39 is 38.1 Å². The average Bonchev–Trinajstić information content (AvgIpc) is 2.92. The van der Waals surface area contributed by atoms with Crippen LogP contribution in [0.3, 0.4) is 0 Å². The highest BCUT2D eigenvalue weighted by Crippen LogP contribution is 2.51. The van der Waals surface area contributed by atoms with E-state index in [1.165, 1.54) is 19.4 Å². The number of methoxy groups -OCH3 is 1. The molecule has 0 spiro atoms. The van der Waals surface area contributed by atoms with E-state index >= 15 is 0 Å². The monoisotopic (exact) mass is 408 g/mol. The number of aromatic nitrogens is 2. The lowest BCUT2D eigenvalue weighted by molar-refractivity contribution is 0.0128. The van der Waals surface area contributed by atoms with E-state index in [-0.39, 0.29) is 24.7 Å². The zero-order valence-corrected chi connectivity index (χ0v) is 16.9. The standard InChI is InChI=1S/C16H26FN2O7P/c1-10(2)25-27(21,26-11(3)4)9-24-12-8-23-15(14(12)17)19-7-6-13(22-5)18-16(19)20/h6-7,10-12,14-15H,8-9H2,1-5H3/t12-,14+,15+/m0/s1. The lowest BCUT2D eigenvalue weighted by atomic mass is 10.2. The Morgan fingerprint density at radius 1 is 1.33 bits per heavy atom. The molecule has 1 aromatic heterocycles. The van der Waals surface area contributed by atoms with Crippen molar-refractivity contribution in [1.82, 2.24) is 9.55 Å². The van der Waals surface area contributed by atoms with Gasteiger partial charge in [0, 0.05) is 12.3 Å². The largest absolute Gasteiger partial charge is 0.481 e. The molecule has 0 radical (unpaired) electrons. The molecule has 0 aliphatic carbocycles. The minimum Gasteiger partial charge on any atom is -0.481 e. The number of nitrogens with zero attached hydrogens (tertiary/aromatic N) is 2. The molecule has 0 saturated carbocycles. The van der Waals surface area contributed by atoms with Crippen molar-refractivity contribution in [2.75, 3.05) is 20.1 Å². The number of alkyl halides is 1. The first kappa shape index (κ1) is 22.0. The highest BCUT2D eigenvalue weighted by Gasteiger charge is 2.42. The van der Waals surface area contributed by atoms with Crippen molar-refractivity contribution < 1.29 is 32.2 Å². The minimum atomic E-state index is -3.56. The van der Waals surface area contributed by atoms with Crippen LogP contribution in [0, 0.1) is 0 Å². The number of rotatable bonds is 9. The van der Waals surface area contributed by atoms with Crippen molar-refractivity contribution in [2.24, 2.45) is 0 Å². The summed E-state index contributed by atoms with van der Waals surface area (Å²) < 4.78 is 54.9. The van der Waals surface area contributed by atoms with E-state index in [0.29, 0.717) is 0 Å². The normalized spacial score (nSPS) is 23.3. The first-order valence-corrected chi connectivity index (χ1v) is 10.3. The van der Waals surface area contributed by atoms with E-state index in [4.69, 9.17) is 23.3 Å². The SMILES string of the molecule is COc1ccn([C@@H]2OC[C@H](OCP(=O)(OC(C)C)OC(C)C)[C@H]2F)c(=O)n1. The Kier molecular flexibility index (Phi) is 7.53. The Morgan fingerprint density at radius 2 is 1.96 bits per heavy atom. The van der Waals surface area contributed by atoms with Crippen LogP contribution in [0.1, 0.15) is 33.9 Å². The number of hydrogen-bond donors (Lipinski definition) is 0. The highest BCUT2D eigenvalue weighted by atomic mass is 31.2. The summed E-state index contributed by atoms with van der Waals surface area (Å²) in [6.07, 6.45) is -3.67. The van der Waals surface area contributed by atoms with E-state index in [1.54, 1.807) is 27.7 Å². The molecule has 3 atom stereocenters. The third kappa shape index (κ3) is 5.83. The maximum Gasteiger partial charge on any atom is 0.356 e. The van der Waals surface area contributed by atoms with E-state index in [1.807, 2.05) is 0 Å². The van der Waals surface area contributed by atoms with Crippen LogP contribution in [0.4, 0.5) is 4.39 Å². The van der Waals surface area contributed by atoms with Gasteiger partial charge in [-0.1, -0.05) is 0 Å². The quantitative estimate of drug-likeness (QED) is 0.575. The molecule has 2 heterocycles. The van der Waals surface area contributed by atoms with Gasteiger partial charge in [-0.2, -0.15) is 4.98 Å². The fraction of sp³-hybridized carbons (Fsp3) is 0.750. The first-order valence-electron chi connectivity index (χ1n) is 8.61. The highest BCUT2D eigenvalue weighted by molar-refractivity contribution is 7.53. The molecule has 11 heteroatoms. The van der Waals surface area contributed by atoms with Gasteiger partial charge in [0.25, 0.3) is 0 Å². The second kappa shape index (κ2) is 9.25. The predicted octanol–water partition coefficient (Wildman–Crippen LogP) is 2.50. The van der Waals surface area contributed by atoms with E-state index in [0.717, 1.165) is 4.57 Å². The van der Waals surface area contributed by atoms with Gasteiger partial charge in [-0.3, -0.25) is 9.13 Å². The molecule has 1 aliphatic heterocycles. The summed E-state index contributed by atoms with van der Waals surface area (Å²) in [5.41, 5.74) is -0.709. The summed E-state index contributed by atoms with van der Waals surface area (Å²) >= 11 is 0. The van der Waals surface area contributed by atoms with Crippen LogP contribution in [0.15, 0.2) is 17.1 Å². The van der Waals surface area contributed by atoms with Gasteiger partial charge in [-0.15, -0.1) is 0 Å². The fourth-order valence-corrected chi connectivity index (χ4v) is 4.38. The third-order valence-corrected chi connectivity index (χ3v) is 5.49. The average molecular weight is 408 g/mol. The molecule has 1 aromatic rings. The van der Waals surface area contributed by atoms with Crippen molar-refractivity contribution in [3.8, 4) is 5.88 Å². The molecular formula is C16H26FN2O7P. The van der Waals surface area contributed by atoms with Crippen molar-refractivity contribution in [2.45, 2.75) is 58.4 Å². The summed E-state index contributed by atoms with van der Waals surface area (Å²) in [4.78, 5) is 15.7. The van der Waals surface area contributed by atoms with Gasteiger partial charge >= 0.3 is 13.3 Å². The van der Waals surface area contributed by atoms with Crippen molar-refractivity contribution in [3.63, 3.8) is 0 Å². The summed E-state index contributed by atoms with van der Waals surface area (Å²) in [6, 6.07) is 1.42. The molecular weight excluding hydrogens is 382 g/mol. The molecule has 0 aromatic carbocycles. The molecule has 2 rings (SSSR count). The Labute approximate surface area is 157 Å². The molecule has 27 heavy (non-hydrogen) atoms. The van der Waals surface area contributed by atoms with Crippen LogP contribution < -0.4 is 10.4 Å². The molecule has 1 aliphatic rings. The van der Waals surface area contributed by atoms with Crippen LogP contribution in [0.5, 0.6) is 5.88 Å².